The second kappa shape index (κ2) is 3.84. The molecule has 0 saturated heterocycles. The monoisotopic (exact) mass is 254 g/mol. The van der Waals surface area contributed by atoms with Gasteiger partial charge in [0.15, 0.2) is 9.84 Å². The largest absolute Gasteiger partial charge is 0.481 e. The van der Waals surface area contributed by atoms with Gasteiger partial charge in [0.25, 0.3) is 0 Å². The first kappa shape index (κ1) is 12.1. The lowest BCUT2D eigenvalue weighted by Crippen LogP contribution is -2.20. The van der Waals surface area contributed by atoms with Crippen molar-refractivity contribution in [2.24, 2.45) is 5.92 Å². The summed E-state index contributed by atoms with van der Waals surface area (Å²) in [7, 11) is -3.32. The Morgan fingerprint density at radius 2 is 2.12 bits per heavy atom. The molecule has 0 radical (unpaired) electrons. The van der Waals surface area contributed by atoms with Gasteiger partial charge in [-0.3, -0.25) is 4.79 Å². The first-order valence-electron chi connectivity index (χ1n) is 5.39. The minimum atomic E-state index is -3.32. The molecule has 2 unspecified atom stereocenters. The average Bonchev–Trinajstić information content (AvgIpc) is 2.51. The first-order valence-corrected chi connectivity index (χ1v) is 7.05. The highest BCUT2D eigenvalue weighted by Crippen LogP contribution is 2.41. The third kappa shape index (κ3) is 1.84. The normalized spacial score (nSPS) is 23.1. The number of aliphatic carboxylic acids is 1. The number of sulfone groups is 1. The van der Waals surface area contributed by atoms with Crippen LogP contribution < -0.4 is 0 Å². The van der Waals surface area contributed by atoms with Gasteiger partial charge in [-0.25, -0.2) is 8.42 Å². The van der Waals surface area contributed by atoms with Crippen molar-refractivity contribution in [2.75, 3.05) is 5.75 Å². The second-order valence-electron chi connectivity index (χ2n) is 4.50. The van der Waals surface area contributed by atoms with E-state index in [1.807, 2.05) is 13.0 Å². The predicted octanol–water partition coefficient (Wildman–Crippen LogP) is 1.59. The maximum absolute atomic E-state index is 11.9. The van der Waals surface area contributed by atoms with Crippen LogP contribution in [0.2, 0.25) is 0 Å². The molecule has 0 spiro atoms. The van der Waals surface area contributed by atoms with Crippen molar-refractivity contribution in [2.45, 2.75) is 24.7 Å². The summed E-state index contributed by atoms with van der Waals surface area (Å²) in [6.07, 6.45) is 0. The molecule has 0 aliphatic carbocycles. The Hall–Kier alpha value is -1.36. The van der Waals surface area contributed by atoms with Crippen molar-refractivity contribution >= 4 is 15.8 Å². The second-order valence-corrected chi connectivity index (χ2v) is 6.50. The van der Waals surface area contributed by atoms with Crippen LogP contribution in [0.1, 0.15) is 24.0 Å². The molecule has 0 amide bonds. The summed E-state index contributed by atoms with van der Waals surface area (Å²) in [5.74, 6) is -2.18. The molecule has 1 heterocycles. The molecule has 0 saturated carbocycles. The fourth-order valence-corrected chi connectivity index (χ4v) is 4.42. The molecule has 2 rings (SSSR count). The van der Waals surface area contributed by atoms with E-state index in [1.165, 1.54) is 0 Å². The lowest BCUT2D eigenvalue weighted by Gasteiger charge is -2.16. The lowest BCUT2D eigenvalue weighted by molar-refractivity contribution is -0.141. The minimum Gasteiger partial charge on any atom is -0.481 e. The zero-order chi connectivity index (χ0) is 12.8. The molecule has 1 N–H and O–H groups in total. The number of carbonyl (C=O) groups is 1. The molecule has 1 aliphatic heterocycles. The smallest absolute Gasteiger partial charge is 0.306 e. The van der Waals surface area contributed by atoms with E-state index in [4.69, 9.17) is 5.11 Å². The molecular weight excluding hydrogens is 240 g/mol. The number of hydrogen-bond donors (Lipinski definition) is 1. The molecule has 0 fully saturated rings. The predicted molar refractivity (Wildman–Crippen MR) is 62.8 cm³/mol. The molecule has 1 aliphatic rings. The number of rotatable bonds is 2. The zero-order valence-electron chi connectivity index (χ0n) is 9.67. The molecule has 1 aromatic rings. The number of aryl methyl sites for hydroxylation is 1. The Bertz CT molecular complexity index is 574. The summed E-state index contributed by atoms with van der Waals surface area (Å²) < 4.78 is 23.9. The van der Waals surface area contributed by atoms with Crippen LogP contribution in [0.5, 0.6) is 0 Å². The van der Waals surface area contributed by atoms with Crippen molar-refractivity contribution in [3.8, 4) is 0 Å². The van der Waals surface area contributed by atoms with Gasteiger partial charge in [0.2, 0.25) is 0 Å². The van der Waals surface area contributed by atoms with E-state index in [1.54, 1.807) is 19.1 Å². The van der Waals surface area contributed by atoms with Gasteiger partial charge in [-0.05, 0) is 24.1 Å². The highest BCUT2D eigenvalue weighted by molar-refractivity contribution is 7.91. The van der Waals surface area contributed by atoms with E-state index < -0.39 is 27.6 Å². The van der Waals surface area contributed by atoms with Crippen molar-refractivity contribution in [3.63, 3.8) is 0 Å². The fraction of sp³-hybridized carbons (Fsp3) is 0.417. The fourth-order valence-electron chi connectivity index (χ4n) is 2.38. The topological polar surface area (TPSA) is 71.4 Å². The maximum atomic E-state index is 11.9. The standard InChI is InChI=1S/C12H14O4S/c1-7-4-3-5-10-11(7)9(6-17(10,15)16)8(2)12(13)14/h3-5,8-9H,6H2,1-2H3,(H,13,14). The summed E-state index contributed by atoms with van der Waals surface area (Å²) in [5.41, 5.74) is 1.53. The number of hydrogen-bond acceptors (Lipinski definition) is 3. The van der Waals surface area contributed by atoms with Crippen LogP contribution in [0.3, 0.4) is 0 Å². The summed E-state index contributed by atoms with van der Waals surface area (Å²) in [6, 6.07) is 5.08. The minimum absolute atomic E-state index is 0.0966. The van der Waals surface area contributed by atoms with Crippen LogP contribution >= 0.6 is 0 Å². The van der Waals surface area contributed by atoms with E-state index in [0.29, 0.717) is 10.5 Å². The Kier molecular flexibility index (Phi) is 2.73. The molecule has 0 aromatic heterocycles. The number of benzene rings is 1. The average molecular weight is 254 g/mol. The quantitative estimate of drug-likeness (QED) is 0.870. The molecule has 17 heavy (non-hydrogen) atoms. The third-order valence-corrected chi connectivity index (χ3v) is 5.21. The van der Waals surface area contributed by atoms with E-state index in [9.17, 15) is 13.2 Å². The van der Waals surface area contributed by atoms with E-state index in [0.717, 1.165) is 5.56 Å². The van der Waals surface area contributed by atoms with Crippen LogP contribution in [0.4, 0.5) is 0 Å². The third-order valence-electron chi connectivity index (χ3n) is 3.38. The Morgan fingerprint density at radius 3 is 2.71 bits per heavy atom. The maximum Gasteiger partial charge on any atom is 0.306 e. The van der Waals surface area contributed by atoms with Gasteiger partial charge in [-0.2, -0.15) is 0 Å². The SMILES string of the molecule is Cc1cccc2c1C(C(C)C(=O)O)CS2(=O)=O. The molecule has 2 atom stereocenters. The van der Waals surface area contributed by atoms with Gasteiger partial charge in [0.05, 0.1) is 16.6 Å². The van der Waals surface area contributed by atoms with Crippen molar-refractivity contribution in [1.82, 2.24) is 0 Å². The molecule has 4 nitrogen and oxygen atoms in total. The highest BCUT2D eigenvalue weighted by atomic mass is 32.2. The number of carboxylic acids is 1. The molecule has 92 valence electrons. The van der Waals surface area contributed by atoms with Crippen LogP contribution in [0.25, 0.3) is 0 Å². The summed E-state index contributed by atoms with van der Waals surface area (Å²) in [4.78, 5) is 11.3. The molecule has 0 bridgehead atoms. The van der Waals surface area contributed by atoms with Gasteiger partial charge in [-0.15, -0.1) is 0 Å². The van der Waals surface area contributed by atoms with Crippen LogP contribution in [-0.4, -0.2) is 25.2 Å². The van der Waals surface area contributed by atoms with Crippen LogP contribution in [0, 0.1) is 12.8 Å². The van der Waals surface area contributed by atoms with Crippen molar-refractivity contribution in [1.29, 1.82) is 0 Å². The number of fused-ring (bicyclic) bond motifs is 1. The molecule has 1 aromatic carbocycles. The van der Waals surface area contributed by atoms with Gasteiger partial charge < -0.3 is 5.11 Å². The summed E-state index contributed by atoms with van der Waals surface area (Å²) in [6.45, 7) is 3.38. The molecule has 5 heteroatoms. The zero-order valence-corrected chi connectivity index (χ0v) is 10.5. The Labute approximate surface area is 100 Å². The summed E-state index contributed by atoms with van der Waals surface area (Å²) >= 11 is 0. The number of carboxylic acid groups (broad SMARTS) is 1. The lowest BCUT2D eigenvalue weighted by atomic mass is 9.86. The van der Waals surface area contributed by atoms with Crippen LogP contribution in [-0.2, 0) is 14.6 Å². The molecular formula is C12H14O4S. The van der Waals surface area contributed by atoms with E-state index in [-0.39, 0.29) is 5.75 Å². The van der Waals surface area contributed by atoms with Gasteiger partial charge >= 0.3 is 5.97 Å². The van der Waals surface area contributed by atoms with Gasteiger partial charge in [0, 0.05) is 5.92 Å². The first-order chi connectivity index (χ1) is 7.84. The Balaban J connectivity index is 2.62. The van der Waals surface area contributed by atoms with Crippen molar-refractivity contribution < 1.29 is 18.3 Å². The van der Waals surface area contributed by atoms with Crippen LogP contribution in [0.15, 0.2) is 23.1 Å². The summed E-state index contributed by atoms with van der Waals surface area (Å²) in [5, 5.41) is 9.03. The highest BCUT2D eigenvalue weighted by Gasteiger charge is 2.40. The van der Waals surface area contributed by atoms with Crippen molar-refractivity contribution in [3.05, 3.63) is 29.3 Å². The van der Waals surface area contributed by atoms with E-state index in [2.05, 4.69) is 0 Å². The van der Waals surface area contributed by atoms with Gasteiger partial charge in [0.1, 0.15) is 0 Å². The van der Waals surface area contributed by atoms with E-state index >= 15 is 0 Å². The van der Waals surface area contributed by atoms with Gasteiger partial charge in [-0.1, -0.05) is 19.1 Å². The Morgan fingerprint density at radius 1 is 1.47 bits per heavy atom.